The largest absolute Gasteiger partial charge is 0.384 e. The van der Waals surface area contributed by atoms with Crippen molar-refractivity contribution in [3.8, 4) is 0 Å². The lowest BCUT2D eigenvalue weighted by molar-refractivity contribution is 0.682. The van der Waals surface area contributed by atoms with E-state index in [1.165, 1.54) is 0 Å². The molecule has 1 atom stereocenters. The number of hydrogen-bond acceptors (Lipinski definition) is 3. The fourth-order valence-corrected chi connectivity index (χ4v) is 2.69. The van der Waals surface area contributed by atoms with Crippen molar-refractivity contribution in [3.05, 3.63) is 52.6 Å². The first-order valence-corrected chi connectivity index (χ1v) is 7.11. The molecule has 1 heterocycles. The summed E-state index contributed by atoms with van der Waals surface area (Å²) < 4.78 is 13.0. The fourth-order valence-electron chi connectivity index (χ4n) is 1.34. The average Bonchev–Trinajstić information content (AvgIpc) is 2.33. The molecule has 0 radical (unpaired) electrons. The van der Waals surface area contributed by atoms with Gasteiger partial charge in [-0.25, -0.2) is 4.98 Å². The molecule has 0 bridgehead atoms. The van der Waals surface area contributed by atoms with Crippen LogP contribution in [-0.4, -0.2) is 9.19 Å². The van der Waals surface area contributed by atoms with Gasteiger partial charge in [0.25, 0.3) is 0 Å². The Balaban J connectivity index is 2.11. The summed E-state index contributed by atoms with van der Waals surface area (Å²) in [4.78, 5) is 4.79. The van der Waals surface area contributed by atoms with Crippen molar-refractivity contribution < 1.29 is 4.21 Å². The molecule has 0 amide bonds. The van der Waals surface area contributed by atoms with E-state index < -0.39 is 10.8 Å². The van der Waals surface area contributed by atoms with E-state index in [2.05, 4.69) is 20.9 Å². The first-order valence-electron chi connectivity index (χ1n) is 4.99. The van der Waals surface area contributed by atoms with Crippen molar-refractivity contribution in [3.63, 3.8) is 0 Å². The third-order valence-corrected chi connectivity index (χ3v) is 4.14. The quantitative estimate of drug-likeness (QED) is 0.948. The average molecular weight is 311 g/mol. The SMILES string of the molecule is Nc1ccc(CS(=O)c2ccc(Br)cc2)cn1. The number of rotatable bonds is 3. The van der Waals surface area contributed by atoms with E-state index in [1.807, 2.05) is 30.3 Å². The summed E-state index contributed by atoms with van der Waals surface area (Å²) in [6.45, 7) is 0. The lowest BCUT2D eigenvalue weighted by Crippen LogP contribution is -1.98. The molecule has 2 rings (SSSR count). The Morgan fingerprint density at radius 1 is 1.18 bits per heavy atom. The monoisotopic (exact) mass is 310 g/mol. The molecule has 5 heteroatoms. The summed E-state index contributed by atoms with van der Waals surface area (Å²) in [6, 6.07) is 11.0. The van der Waals surface area contributed by atoms with Crippen molar-refractivity contribution in [1.29, 1.82) is 0 Å². The summed E-state index contributed by atoms with van der Waals surface area (Å²) in [7, 11) is -1.05. The van der Waals surface area contributed by atoms with Gasteiger partial charge in [-0.3, -0.25) is 4.21 Å². The number of hydrogen-bond donors (Lipinski definition) is 1. The number of halogens is 1. The Morgan fingerprint density at radius 3 is 2.47 bits per heavy atom. The van der Waals surface area contributed by atoms with Crippen LogP contribution in [0.15, 0.2) is 52.0 Å². The smallest absolute Gasteiger partial charge is 0.123 e. The maximum Gasteiger partial charge on any atom is 0.123 e. The molecule has 0 fully saturated rings. The number of anilines is 1. The summed E-state index contributed by atoms with van der Waals surface area (Å²) in [5.41, 5.74) is 6.41. The Labute approximate surface area is 111 Å². The van der Waals surface area contributed by atoms with E-state index >= 15 is 0 Å². The van der Waals surface area contributed by atoms with Crippen molar-refractivity contribution >= 4 is 32.5 Å². The summed E-state index contributed by atoms with van der Waals surface area (Å²) in [5.74, 6) is 0.928. The molecular weight excluding hydrogens is 300 g/mol. The normalized spacial score (nSPS) is 12.3. The Bertz CT molecular complexity index is 525. The van der Waals surface area contributed by atoms with Crippen LogP contribution in [0, 0.1) is 0 Å². The van der Waals surface area contributed by atoms with E-state index in [9.17, 15) is 4.21 Å². The number of nitrogens with two attached hydrogens (primary N) is 1. The van der Waals surface area contributed by atoms with E-state index in [-0.39, 0.29) is 0 Å². The Hall–Kier alpha value is -1.20. The summed E-state index contributed by atoms with van der Waals surface area (Å²) >= 11 is 3.35. The number of pyridine rings is 1. The summed E-state index contributed by atoms with van der Waals surface area (Å²) in [6.07, 6.45) is 1.66. The number of aromatic nitrogens is 1. The molecule has 0 aliphatic heterocycles. The van der Waals surface area contributed by atoms with E-state index in [1.54, 1.807) is 12.3 Å². The van der Waals surface area contributed by atoms with Crippen LogP contribution in [0.5, 0.6) is 0 Å². The van der Waals surface area contributed by atoms with Crippen molar-refractivity contribution in [2.45, 2.75) is 10.6 Å². The van der Waals surface area contributed by atoms with E-state index in [0.717, 1.165) is 14.9 Å². The van der Waals surface area contributed by atoms with Crippen molar-refractivity contribution in [1.82, 2.24) is 4.98 Å². The maximum atomic E-state index is 12.0. The highest BCUT2D eigenvalue weighted by Crippen LogP contribution is 2.16. The lowest BCUT2D eigenvalue weighted by atomic mass is 10.3. The molecule has 0 aliphatic rings. The van der Waals surface area contributed by atoms with Crippen LogP contribution < -0.4 is 5.73 Å². The Kier molecular flexibility index (Phi) is 3.91. The van der Waals surface area contributed by atoms with Crippen molar-refractivity contribution in [2.75, 3.05) is 5.73 Å². The van der Waals surface area contributed by atoms with Crippen LogP contribution in [0.3, 0.4) is 0 Å². The highest BCUT2D eigenvalue weighted by atomic mass is 79.9. The first-order chi connectivity index (χ1) is 8.15. The van der Waals surface area contributed by atoms with Gasteiger partial charge in [-0.1, -0.05) is 22.0 Å². The molecule has 2 N–H and O–H groups in total. The van der Waals surface area contributed by atoms with Gasteiger partial charge < -0.3 is 5.73 Å². The van der Waals surface area contributed by atoms with Gasteiger partial charge in [0.15, 0.2) is 0 Å². The zero-order valence-electron chi connectivity index (χ0n) is 8.97. The second-order valence-electron chi connectivity index (χ2n) is 3.54. The highest BCUT2D eigenvalue weighted by Gasteiger charge is 2.05. The third kappa shape index (κ3) is 3.38. The number of benzene rings is 1. The molecule has 88 valence electrons. The minimum Gasteiger partial charge on any atom is -0.384 e. The molecule has 1 aromatic carbocycles. The lowest BCUT2D eigenvalue weighted by Gasteiger charge is -2.03. The summed E-state index contributed by atoms with van der Waals surface area (Å²) in [5, 5.41) is 0. The zero-order chi connectivity index (χ0) is 12.3. The van der Waals surface area contributed by atoms with Crippen LogP contribution in [-0.2, 0) is 16.6 Å². The van der Waals surface area contributed by atoms with Gasteiger partial charge in [0.1, 0.15) is 5.82 Å². The molecular formula is C12H11BrN2OS. The standard InChI is InChI=1S/C12H11BrN2OS/c13-10-2-4-11(5-3-10)17(16)8-9-1-6-12(14)15-7-9/h1-7H,8H2,(H2,14,15). The number of nitrogens with zero attached hydrogens (tertiary/aromatic N) is 1. The predicted octanol–water partition coefficient (Wildman–Crippen LogP) is 2.73. The molecule has 0 aliphatic carbocycles. The maximum absolute atomic E-state index is 12.0. The second-order valence-corrected chi connectivity index (χ2v) is 5.90. The van der Waals surface area contributed by atoms with E-state index in [0.29, 0.717) is 11.6 Å². The second kappa shape index (κ2) is 5.42. The van der Waals surface area contributed by atoms with Crippen LogP contribution in [0.25, 0.3) is 0 Å². The Morgan fingerprint density at radius 2 is 1.88 bits per heavy atom. The number of nitrogen functional groups attached to an aromatic ring is 1. The van der Waals surface area contributed by atoms with Crippen molar-refractivity contribution in [2.24, 2.45) is 0 Å². The molecule has 1 aromatic heterocycles. The molecule has 2 aromatic rings. The molecule has 0 spiro atoms. The van der Waals surface area contributed by atoms with Crippen LogP contribution in [0.4, 0.5) is 5.82 Å². The van der Waals surface area contributed by atoms with Gasteiger partial charge in [0, 0.05) is 15.6 Å². The fraction of sp³-hybridized carbons (Fsp3) is 0.0833. The highest BCUT2D eigenvalue weighted by molar-refractivity contribution is 9.10. The van der Waals surface area contributed by atoms with Gasteiger partial charge >= 0.3 is 0 Å². The first kappa shape index (κ1) is 12.3. The van der Waals surface area contributed by atoms with Gasteiger partial charge in [0.05, 0.1) is 16.6 Å². The minimum absolute atomic E-state index is 0.453. The molecule has 0 saturated heterocycles. The van der Waals surface area contributed by atoms with E-state index in [4.69, 9.17) is 5.73 Å². The zero-order valence-corrected chi connectivity index (χ0v) is 11.4. The van der Waals surface area contributed by atoms with Crippen LogP contribution >= 0.6 is 15.9 Å². The third-order valence-electron chi connectivity index (χ3n) is 2.22. The topological polar surface area (TPSA) is 56.0 Å². The molecule has 17 heavy (non-hydrogen) atoms. The van der Waals surface area contributed by atoms with Crippen LogP contribution in [0.1, 0.15) is 5.56 Å². The van der Waals surface area contributed by atoms with Gasteiger partial charge in [-0.15, -0.1) is 0 Å². The predicted molar refractivity (Wildman–Crippen MR) is 72.9 cm³/mol. The molecule has 0 saturated carbocycles. The van der Waals surface area contributed by atoms with Gasteiger partial charge in [-0.2, -0.15) is 0 Å². The van der Waals surface area contributed by atoms with Crippen LogP contribution in [0.2, 0.25) is 0 Å². The molecule has 1 unspecified atom stereocenters. The van der Waals surface area contributed by atoms with Gasteiger partial charge in [-0.05, 0) is 35.9 Å². The molecule has 3 nitrogen and oxygen atoms in total. The minimum atomic E-state index is -1.05. The van der Waals surface area contributed by atoms with Gasteiger partial charge in [0.2, 0.25) is 0 Å².